The number of nitrogens with one attached hydrogen (secondary N) is 1. The Balaban J connectivity index is 2.44. The lowest BCUT2D eigenvalue weighted by Gasteiger charge is -2.21. The molecular formula is C15H29NO. The van der Waals surface area contributed by atoms with E-state index in [4.69, 9.17) is 4.74 Å². The van der Waals surface area contributed by atoms with Crippen LogP contribution in [0.2, 0.25) is 0 Å². The maximum Gasteiger partial charge on any atom is 0.0658 e. The Morgan fingerprint density at radius 3 is 2.88 bits per heavy atom. The summed E-state index contributed by atoms with van der Waals surface area (Å²) in [7, 11) is 0. The van der Waals surface area contributed by atoms with Crippen LogP contribution in [0.1, 0.15) is 58.8 Å². The lowest BCUT2D eigenvalue weighted by molar-refractivity contribution is 0.119. The fourth-order valence-corrected chi connectivity index (χ4v) is 2.32. The van der Waals surface area contributed by atoms with Gasteiger partial charge in [-0.15, -0.1) is 0 Å². The molecule has 0 amide bonds. The molecular weight excluding hydrogens is 210 g/mol. The van der Waals surface area contributed by atoms with E-state index in [1.807, 2.05) is 0 Å². The van der Waals surface area contributed by atoms with Crippen molar-refractivity contribution in [2.45, 2.75) is 64.8 Å². The minimum atomic E-state index is 0.458. The maximum absolute atomic E-state index is 5.73. The zero-order valence-electron chi connectivity index (χ0n) is 11.6. The summed E-state index contributed by atoms with van der Waals surface area (Å²) in [6, 6.07) is 0.458. The first kappa shape index (κ1) is 14.7. The largest absolute Gasteiger partial charge is 0.379 e. The molecule has 0 saturated heterocycles. The van der Waals surface area contributed by atoms with Crippen molar-refractivity contribution < 1.29 is 4.74 Å². The van der Waals surface area contributed by atoms with Gasteiger partial charge in [0.1, 0.15) is 0 Å². The minimum Gasteiger partial charge on any atom is -0.379 e. The summed E-state index contributed by atoms with van der Waals surface area (Å²) in [5.41, 5.74) is 1.59. The van der Waals surface area contributed by atoms with Crippen molar-refractivity contribution in [2.75, 3.05) is 19.8 Å². The van der Waals surface area contributed by atoms with E-state index in [2.05, 4.69) is 25.2 Å². The molecule has 0 aromatic heterocycles. The molecule has 2 heteroatoms. The van der Waals surface area contributed by atoms with Gasteiger partial charge in [-0.05, 0) is 45.1 Å². The first-order chi connectivity index (χ1) is 8.38. The average Bonchev–Trinajstić information content (AvgIpc) is 2.62. The van der Waals surface area contributed by atoms with Gasteiger partial charge >= 0.3 is 0 Å². The third-order valence-electron chi connectivity index (χ3n) is 3.30. The Morgan fingerprint density at radius 2 is 2.12 bits per heavy atom. The molecule has 1 N–H and O–H groups in total. The van der Waals surface area contributed by atoms with Crippen LogP contribution >= 0.6 is 0 Å². The summed E-state index contributed by atoms with van der Waals surface area (Å²) in [6.45, 7) is 7.21. The summed E-state index contributed by atoms with van der Waals surface area (Å²) in [5.74, 6) is 0. The Hall–Kier alpha value is -0.340. The molecule has 0 aromatic carbocycles. The van der Waals surface area contributed by atoms with Gasteiger partial charge in [-0.1, -0.05) is 31.9 Å². The van der Waals surface area contributed by atoms with Crippen LogP contribution in [-0.2, 0) is 4.74 Å². The second-order valence-corrected chi connectivity index (χ2v) is 4.96. The van der Waals surface area contributed by atoms with E-state index < -0.39 is 0 Å². The van der Waals surface area contributed by atoms with Gasteiger partial charge in [0, 0.05) is 6.61 Å². The standard InChI is InChI=1S/C15H29NO/c1-3-11-16-15(13-17-12-4-2)14-9-7-5-6-8-10-14/h9,15-16H,3-8,10-13H2,1-2H3. The third kappa shape index (κ3) is 6.23. The summed E-state index contributed by atoms with van der Waals surface area (Å²) >= 11 is 0. The Morgan fingerprint density at radius 1 is 1.24 bits per heavy atom. The Kier molecular flexibility index (Phi) is 8.37. The molecule has 1 rings (SSSR count). The van der Waals surface area contributed by atoms with Crippen molar-refractivity contribution in [3.8, 4) is 0 Å². The summed E-state index contributed by atoms with van der Waals surface area (Å²) in [5, 5.41) is 3.63. The van der Waals surface area contributed by atoms with E-state index in [9.17, 15) is 0 Å². The van der Waals surface area contributed by atoms with Gasteiger partial charge < -0.3 is 10.1 Å². The smallest absolute Gasteiger partial charge is 0.0658 e. The lowest BCUT2D eigenvalue weighted by Crippen LogP contribution is -2.36. The molecule has 0 aromatic rings. The molecule has 0 fully saturated rings. The normalized spacial score (nSPS) is 18.6. The lowest BCUT2D eigenvalue weighted by atomic mass is 10.0. The highest BCUT2D eigenvalue weighted by atomic mass is 16.5. The van der Waals surface area contributed by atoms with Gasteiger partial charge in [0.2, 0.25) is 0 Å². The monoisotopic (exact) mass is 239 g/mol. The summed E-state index contributed by atoms with van der Waals surface area (Å²) in [4.78, 5) is 0. The van der Waals surface area contributed by atoms with Crippen molar-refractivity contribution in [2.24, 2.45) is 0 Å². The number of allylic oxidation sites excluding steroid dienone is 1. The molecule has 0 heterocycles. The number of ether oxygens (including phenoxy) is 1. The van der Waals surface area contributed by atoms with Gasteiger partial charge in [0.15, 0.2) is 0 Å². The van der Waals surface area contributed by atoms with Crippen LogP contribution < -0.4 is 5.32 Å². The van der Waals surface area contributed by atoms with E-state index >= 15 is 0 Å². The highest BCUT2D eigenvalue weighted by molar-refractivity contribution is 5.12. The Bertz CT molecular complexity index is 213. The number of hydrogen-bond acceptors (Lipinski definition) is 2. The van der Waals surface area contributed by atoms with E-state index in [0.717, 1.165) is 26.2 Å². The molecule has 0 radical (unpaired) electrons. The fourth-order valence-electron chi connectivity index (χ4n) is 2.32. The van der Waals surface area contributed by atoms with Gasteiger partial charge in [0.25, 0.3) is 0 Å². The van der Waals surface area contributed by atoms with Crippen LogP contribution in [0.5, 0.6) is 0 Å². The average molecular weight is 239 g/mol. The van der Waals surface area contributed by atoms with Crippen LogP contribution in [-0.4, -0.2) is 25.8 Å². The van der Waals surface area contributed by atoms with E-state index in [1.165, 1.54) is 38.5 Å². The number of hydrogen-bond donors (Lipinski definition) is 1. The summed E-state index contributed by atoms with van der Waals surface area (Å²) in [6.07, 6.45) is 11.4. The minimum absolute atomic E-state index is 0.458. The fraction of sp³-hybridized carbons (Fsp3) is 0.867. The van der Waals surface area contributed by atoms with Crippen molar-refractivity contribution in [3.05, 3.63) is 11.6 Å². The zero-order valence-corrected chi connectivity index (χ0v) is 11.6. The quantitative estimate of drug-likeness (QED) is 0.515. The van der Waals surface area contributed by atoms with E-state index in [-0.39, 0.29) is 0 Å². The molecule has 1 unspecified atom stereocenters. The maximum atomic E-state index is 5.73. The van der Waals surface area contributed by atoms with Gasteiger partial charge in [-0.3, -0.25) is 0 Å². The molecule has 1 aliphatic carbocycles. The molecule has 1 atom stereocenters. The topological polar surface area (TPSA) is 21.3 Å². The van der Waals surface area contributed by atoms with Gasteiger partial charge in [-0.2, -0.15) is 0 Å². The predicted octanol–water partition coefficient (Wildman–Crippen LogP) is 3.67. The third-order valence-corrected chi connectivity index (χ3v) is 3.30. The van der Waals surface area contributed by atoms with Crippen LogP contribution in [0.4, 0.5) is 0 Å². The SMILES string of the molecule is CCCNC(COCCC)C1=CCCCCC1. The number of rotatable bonds is 8. The van der Waals surface area contributed by atoms with E-state index in [0.29, 0.717) is 6.04 Å². The van der Waals surface area contributed by atoms with Crippen molar-refractivity contribution in [1.82, 2.24) is 5.32 Å². The predicted molar refractivity (Wildman–Crippen MR) is 74.4 cm³/mol. The van der Waals surface area contributed by atoms with Crippen LogP contribution in [0.3, 0.4) is 0 Å². The molecule has 17 heavy (non-hydrogen) atoms. The first-order valence-corrected chi connectivity index (χ1v) is 7.38. The first-order valence-electron chi connectivity index (χ1n) is 7.38. The van der Waals surface area contributed by atoms with Gasteiger partial charge in [0.05, 0.1) is 12.6 Å². The van der Waals surface area contributed by atoms with E-state index in [1.54, 1.807) is 5.57 Å². The van der Waals surface area contributed by atoms with Crippen molar-refractivity contribution >= 4 is 0 Å². The molecule has 0 aliphatic heterocycles. The second-order valence-electron chi connectivity index (χ2n) is 4.96. The molecule has 0 spiro atoms. The summed E-state index contributed by atoms with van der Waals surface area (Å²) < 4.78 is 5.73. The molecule has 100 valence electrons. The highest BCUT2D eigenvalue weighted by Gasteiger charge is 2.14. The second kappa shape index (κ2) is 9.67. The van der Waals surface area contributed by atoms with Crippen LogP contribution in [0, 0.1) is 0 Å². The Labute approximate surface area is 107 Å². The molecule has 2 nitrogen and oxygen atoms in total. The van der Waals surface area contributed by atoms with Crippen molar-refractivity contribution in [3.63, 3.8) is 0 Å². The van der Waals surface area contributed by atoms with Crippen molar-refractivity contribution in [1.29, 1.82) is 0 Å². The van der Waals surface area contributed by atoms with Crippen LogP contribution in [0.25, 0.3) is 0 Å². The molecule has 1 aliphatic rings. The van der Waals surface area contributed by atoms with Gasteiger partial charge in [-0.25, -0.2) is 0 Å². The molecule has 0 saturated carbocycles. The highest BCUT2D eigenvalue weighted by Crippen LogP contribution is 2.20. The zero-order chi connectivity index (χ0) is 12.3. The molecule has 0 bridgehead atoms. The van der Waals surface area contributed by atoms with Crippen LogP contribution in [0.15, 0.2) is 11.6 Å².